The van der Waals surface area contributed by atoms with Gasteiger partial charge in [0.1, 0.15) is 5.75 Å². The van der Waals surface area contributed by atoms with Gasteiger partial charge >= 0.3 is 6.03 Å². The minimum Gasteiger partial charge on any atom is -0.497 e. The molecule has 8 heteroatoms. The molecule has 2 aromatic rings. The number of oxime groups is 1. The molecular weight excluding hydrogens is 386 g/mol. The fourth-order valence-corrected chi connectivity index (χ4v) is 3.49. The molecule has 4 rings (SSSR count). The van der Waals surface area contributed by atoms with E-state index in [1.807, 2.05) is 49.4 Å². The summed E-state index contributed by atoms with van der Waals surface area (Å²) in [5.41, 5.74) is 2.74. The van der Waals surface area contributed by atoms with Gasteiger partial charge in [-0.1, -0.05) is 17.3 Å². The Morgan fingerprint density at radius 2 is 2.10 bits per heavy atom. The topological polar surface area (TPSA) is 81.6 Å². The van der Waals surface area contributed by atoms with Crippen molar-refractivity contribution in [1.82, 2.24) is 10.2 Å². The monoisotopic (exact) mass is 411 g/mol. The first-order valence-corrected chi connectivity index (χ1v) is 9.94. The summed E-state index contributed by atoms with van der Waals surface area (Å²) in [5, 5.41) is 7.12. The number of nitrogens with zero attached hydrogens (tertiary/aromatic N) is 2. The molecule has 0 unspecified atom stereocenters. The van der Waals surface area contributed by atoms with Crippen LogP contribution in [0.5, 0.6) is 17.2 Å². The van der Waals surface area contributed by atoms with Crippen molar-refractivity contribution in [1.29, 1.82) is 0 Å². The van der Waals surface area contributed by atoms with Gasteiger partial charge in [-0.15, -0.1) is 0 Å². The van der Waals surface area contributed by atoms with Gasteiger partial charge in [0.15, 0.2) is 17.6 Å². The second kappa shape index (κ2) is 8.94. The van der Waals surface area contributed by atoms with Gasteiger partial charge in [-0.3, -0.25) is 0 Å². The molecule has 0 bridgehead atoms. The Balaban J connectivity index is 1.42. The Morgan fingerprint density at radius 1 is 1.23 bits per heavy atom. The number of fused-ring (bicyclic) bond motifs is 1. The minimum atomic E-state index is -0.223. The first-order valence-electron chi connectivity index (χ1n) is 9.94. The number of hydrogen-bond acceptors (Lipinski definition) is 6. The number of ether oxygens (including phenoxy) is 3. The summed E-state index contributed by atoms with van der Waals surface area (Å²) in [6.07, 6.45) is 0.381. The van der Waals surface area contributed by atoms with Crippen LogP contribution in [-0.4, -0.2) is 49.7 Å². The number of amides is 2. The lowest BCUT2D eigenvalue weighted by atomic mass is 10.0. The second-order valence-electron chi connectivity index (χ2n) is 7.11. The Hall–Kier alpha value is -3.42. The predicted molar refractivity (Wildman–Crippen MR) is 111 cm³/mol. The SMILES string of the molecule is CCNC(=O)N(Cc1cccc(OC)c1)C[C@@H]1CC(c2ccc3c(c2)OCO3)=NO1. The van der Waals surface area contributed by atoms with E-state index in [0.717, 1.165) is 28.3 Å². The molecule has 0 aliphatic carbocycles. The molecule has 30 heavy (non-hydrogen) atoms. The number of rotatable bonds is 7. The number of benzene rings is 2. The van der Waals surface area contributed by atoms with Crippen LogP contribution in [0.1, 0.15) is 24.5 Å². The van der Waals surface area contributed by atoms with Gasteiger partial charge in [-0.2, -0.15) is 0 Å². The van der Waals surface area contributed by atoms with Crippen molar-refractivity contribution in [2.75, 3.05) is 27.0 Å². The first-order chi connectivity index (χ1) is 14.7. The summed E-state index contributed by atoms with van der Waals surface area (Å²) in [6.45, 7) is 3.55. The first kappa shape index (κ1) is 19.9. The fourth-order valence-electron chi connectivity index (χ4n) is 3.49. The number of nitrogens with one attached hydrogen (secondary N) is 1. The van der Waals surface area contributed by atoms with Crippen molar-refractivity contribution >= 4 is 11.7 Å². The van der Waals surface area contributed by atoms with Crippen molar-refractivity contribution in [3.05, 3.63) is 53.6 Å². The van der Waals surface area contributed by atoms with Gasteiger partial charge in [-0.25, -0.2) is 4.79 Å². The minimum absolute atomic E-state index is 0.138. The normalized spacial score (nSPS) is 16.6. The quantitative estimate of drug-likeness (QED) is 0.757. The van der Waals surface area contributed by atoms with Crippen molar-refractivity contribution in [3.63, 3.8) is 0 Å². The zero-order valence-corrected chi connectivity index (χ0v) is 17.1. The van der Waals surface area contributed by atoms with Crippen molar-refractivity contribution in [3.8, 4) is 17.2 Å². The van der Waals surface area contributed by atoms with E-state index in [1.54, 1.807) is 12.0 Å². The van der Waals surface area contributed by atoms with Crippen LogP contribution in [-0.2, 0) is 11.4 Å². The van der Waals surface area contributed by atoms with Gasteiger partial charge in [0.05, 0.1) is 19.4 Å². The van der Waals surface area contributed by atoms with Crippen LogP contribution in [0.4, 0.5) is 4.79 Å². The molecule has 0 saturated heterocycles. The van der Waals surface area contributed by atoms with Gasteiger partial charge < -0.3 is 29.3 Å². The molecule has 8 nitrogen and oxygen atoms in total. The molecular formula is C22H25N3O5. The largest absolute Gasteiger partial charge is 0.497 e. The van der Waals surface area contributed by atoms with Crippen molar-refractivity contribution in [2.24, 2.45) is 5.16 Å². The van der Waals surface area contributed by atoms with Crippen molar-refractivity contribution < 1.29 is 23.8 Å². The Bertz CT molecular complexity index is 946. The maximum absolute atomic E-state index is 12.6. The lowest BCUT2D eigenvalue weighted by Crippen LogP contribution is -2.43. The number of hydrogen-bond donors (Lipinski definition) is 1. The average molecular weight is 411 g/mol. The van der Waals surface area contributed by atoms with E-state index in [2.05, 4.69) is 10.5 Å². The Labute approximate surface area is 175 Å². The lowest BCUT2D eigenvalue weighted by Gasteiger charge is -2.25. The predicted octanol–water partition coefficient (Wildman–Crippen LogP) is 3.15. The molecule has 0 radical (unpaired) electrons. The fraction of sp³-hybridized carbons (Fsp3) is 0.364. The van der Waals surface area contributed by atoms with Crippen LogP contribution in [0.2, 0.25) is 0 Å². The molecule has 158 valence electrons. The van der Waals surface area contributed by atoms with E-state index in [-0.39, 0.29) is 18.9 Å². The third-order valence-electron chi connectivity index (χ3n) is 4.99. The highest BCUT2D eigenvalue weighted by molar-refractivity contribution is 6.01. The summed E-state index contributed by atoms with van der Waals surface area (Å²) in [5.74, 6) is 2.20. The molecule has 0 aromatic heterocycles. The Kier molecular flexibility index (Phi) is 5.92. The third kappa shape index (κ3) is 4.42. The zero-order valence-electron chi connectivity index (χ0n) is 17.1. The molecule has 2 heterocycles. The molecule has 2 amide bonds. The highest BCUT2D eigenvalue weighted by atomic mass is 16.7. The summed E-state index contributed by atoms with van der Waals surface area (Å²) in [4.78, 5) is 20.0. The van der Waals surface area contributed by atoms with E-state index < -0.39 is 0 Å². The van der Waals surface area contributed by atoms with Crippen LogP contribution in [0.15, 0.2) is 47.6 Å². The van der Waals surface area contributed by atoms with Crippen LogP contribution in [0, 0.1) is 0 Å². The maximum Gasteiger partial charge on any atom is 0.317 e. The molecule has 2 aromatic carbocycles. The van der Waals surface area contributed by atoms with Crippen molar-refractivity contribution in [2.45, 2.75) is 26.0 Å². The van der Waals surface area contributed by atoms with E-state index in [0.29, 0.717) is 31.8 Å². The second-order valence-corrected chi connectivity index (χ2v) is 7.11. The smallest absolute Gasteiger partial charge is 0.317 e. The summed E-state index contributed by atoms with van der Waals surface area (Å²) < 4.78 is 16.1. The van der Waals surface area contributed by atoms with Crippen LogP contribution in [0.3, 0.4) is 0 Å². The molecule has 2 aliphatic rings. The van der Waals surface area contributed by atoms with E-state index in [4.69, 9.17) is 19.0 Å². The highest BCUT2D eigenvalue weighted by Gasteiger charge is 2.28. The molecule has 1 atom stereocenters. The summed E-state index contributed by atoms with van der Waals surface area (Å²) in [7, 11) is 1.63. The Morgan fingerprint density at radius 3 is 2.93 bits per heavy atom. The molecule has 0 spiro atoms. The lowest BCUT2D eigenvalue weighted by molar-refractivity contribution is 0.0590. The van der Waals surface area contributed by atoms with Crippen LogP contribution >= 0.6 is 0 Å². The molecule has 2 aliphatic heterocycles. The molecule has 0 fully saturated rings. The van der Waals surface area contributed by atoms with E-state index >= 15 is 0 Å². The number of urea groups is 1. The van der Waals surface area contributed by atoms with E-state index in [9.17, 15) is 4.79 Å². The average Bonchev–Trinajstić information content (AvgIpc) is 3.42. The molecule has 1 N–H and O–H groups in total. The third-order valence-corrected chi connectivity index (χ3v) is 4.99. The number of carbonyl (C=O) groups excluding carboxylic acids is 1. The van der Waals surface area contributed by atoms with E-state index in [1.165, 1.54) is 0 Å². The van der Waals surface area contributed by atoms with Gasteiger partial charge in [0.25, 0.3) is 0 Å². The summed E-state index contributed by atoms with van der Waals surface area (Å²) in [6, 6.07) is 13.3. The van der Waals surface area contributed by atoms with Gasteiger partial charge in [0.2, 0.25) is 6.79 Å². The standard InChI is InChI=1S/C22H25N3O5/c1-3-23-22(26)25(12-15-5-4-6-17(9-15)27-2)13-18-11-19(24-30-18)16-7-8-20-21(10-16)29-14-28-20/h4-10,18H,3,11-14H2,1-2H3,(H,23,26)/t18-/m0/s1. The summed E-state index contributed by atoms with van der Waals surface area (Å²) >= 11 is 0. The number of carbonyl (C=O) groups is 1. The van der Waals surface area contributed by atoms with Gasteiger partial charge in [0, 0.05) is 25.1 Å². The van der Waals surface area contributed by atoms with Crippen LogP contribution in [0.25, 0.3) is 0 Å². The number of methoxy groups -OCH3 is 1. The van der Waals surface area contributed by atoms with Crippen LogP contribution < -0.4 is 19.5 Å². The molecule has 0 saturated carbocycles. The highest BCUT2D eigenvalue weighted by Crippen LogP contribution is 2.33. The maximum atomic E-state index is 12.6. The van der Waals surface area contributed by atoms with Gasteiger partial charge in [-0.05, 0) is 42.8 Å². The zero-order chi connectivity index (χ0) is 20.9.